The fourth-order valence-electron chi connectivity index (χ4n) is 1.79. The summed E-state index contributed by atoms with van der Waals surface area (Å²) < 4.78 is 0. The van der Waals surface area contributed by atoms with Crippen LogP contribution in [0.15, 0.2) is 12.1 Å². The molecule has 1 aromatic carbocycles. The Hall–Kier alpha value is 0.0400. The quantitative estimate of drug-likeness (QED) is 0.534. The second-order valence-corrected chi connectivity index (χ2v) is 6.14. The second-order valence-electron chi connectivity index (χ2n) is 3.82. The summed E-state index contributed by atoms with van der Waals surface area (Å²) in [4.78, 5) is 13.5. The third-order valence-electron chi connectivity index (χ3n) is 2.65. The maximum absolute atomic E-state index is 12.0. The molecule has 1 aromatic rings. The predicted octanol–water partition coefficient (Wildman–Crippen LogP) is 4.54. The number of carbonyl (C=O) groups excluding carboxylic acids is 1. The van der Waals surface area contributed by atoms with Gasteiger partial charge in [0.15, 0.2) is 0 Å². The van der Waals surface area contributed by atoms with Crippen molar-refractivity contribution in [2.75, 3.05) is 11.4 Å². The summed E-state index contributed by atoms with van der Waals surface area (Å²) >= 11 is 21.3. The lowest BCUT2D eigenvalue weighted by atomic mass is 10.1. The van der Waals surface area contributed by atoms with Crippen LogP contribution in [0, 0.1) is 0 Å². The van der Waals surface area contributed by atoms with Crippen LogP contribution in [0.2, 0.25) is 15.1 Å². The lowest BCUT2D eigenvalue weighted by Crippen LogP contribution is -2.41. The summed E-state index contributed by atoms with van der Waals surface area (Å²) in [5.74, 6) is 0.0107. The topological polar surface area (TPSA) is 20.3 Å². The van der Waals surface area contributed by atoms with E-state index in [4.69, 9.17) is 34.8 Å². The molecule has 0 bridgehead atoms. The van der Waals surface area contributed by atoms with Gasteiger partial charge in [-0.25, -0.2) is 0 Å². The zero-order valence-corrected chi connectivity index (χ0v) is 12.6. The molecule has 1 aliphatic heterocycles. The van der Waals surface area contributed by atoms with E-state index in [-0.39, 0.29) is 10.7 Å². The van der Waals surface area contributed by atoms with Gasteiger partial charge in [-0.2, -0.15) is 0 Å². The minimum atomic E-state index is -0.151. The van der Waals surface area contributed by atoms with Gasteiger partial charge in [0.2, 0.25) is 5.91 Å². The van der Waals surface area contributed by atoms with E-state index in [1.54, 1.807) is 17.0 Å². The van der Waals surface area contributed by atoms with Gasteiger partial charge in [0.25, 0.3) is 0 Å². The Morgan fingerprint density at radius 3 is 2.53 bits per heavy atom. The number of hydrogen-bond acceptors (Lipinski definition) is 1. The minimum absolute atomic E-state index is 0.0107. The molecule has 2 nitrogen and oxygen atoms in total. The first-order chi connectivity index (χ1) is 8.00. The van der Waals surface area contributed by atoms with E-state index in [1.165, 1.54) is 0 Å². The zero-order valence-electron chi connectivity index (χ0n) is 8.72. The van der Waals surface area contributed by atoms with Crippen LogP contribution in [0.25, 0.3) is 0 Å². The number of halogens is 4. The van der Waals surface area contributed by atoms with E-state index >= 15 is 0 Å². The van der Waals surface area contributed by atoms with Gasteiger partial charge >= 0.3 is 0 Å². The molecule has 1 saturated heterocycles. The lowest BCUT2D eigenvalue weighted by molar-refractivity contribution is -0.118. The van der Waals surface area contributed by atoms with Crippen molar-refractivity contribution in [3.05, 3.63) is 27.2 Å². The predicted molar refractivity (Wildman–Crippen MR) is 75.8 cm³/mol. The first-order valence-electron chi connectivity index (χ1n) is 5.10. The summed E-state index contributed by atoms with van der Waals surface area (Å²) in [6.45, 7) is 0.651. The lowest BCUT2D eigenvalue weighted by Gasteiger charge is -2.30. The SMILES string of the molecule is O=C1C(Br)CCCN1c1cc(Cl)c(Cl)cc1Cl. The number of nitrogens with zero attached hydrogens (tertiary/aromatic N) is 1. The Labute approximate surface area is 123 Å². The van der Waals surface area contributed by atoms with Gasteiger partial charge < -0.3 is 4.90 Å². The molecule has 1 atom stereocenters. The summed E-state index contributed by atoms with van der Waals surface area (Å²) in [6.07, 6.45) is 1.77. The Balaban J connectivity index is 2.39. The number of carbonyl (C=O) groups is 1. The average Bonchev–Trinajstić information content (AvgIpc) is 2.28. The molecule has 0 saturated carbocycles. The summed E-state index contributed by atoms with van der Waals surface area (Å²) in [5, 5.41) is 1.23. The van der Waals surface area contributed by atoms with E-state index in [0.717, 1.165) is 12.8 Å². The molecule has 6 heteroatoms. The van der Waals surface area contributed by atoms with Crippen LogP contribution in [0.4, 0.5) is 5.69 Å². The van der Waals surface area contributed by atoms with Crippen molar-refractivity contribution in [2.45, 2.75) is 17.7 Å². The molecule has 1 unspecified atom stereocenters. The van der Waals surface area contributed by atoms with Gasteiger partial charge in [0.05, 0.1) is 25.6 Å². The highest BCUT2D eigenvalue weighted by molar-refractivity contribution is 9.10. The molecule has 92 valence electrons. The molecule has 0 radical (unpaired) electrons. The molecule has 1 fully saturated rings. The first-order valence-corrected chi connectivity index (χ1v) is 7.15. The Morgan fingerprint density at radius 1 is 1.18 bits per heavy atom. The second kappa shape index (κ2) is 5.35. The van der Waals surface area contributed by atoms with Crippen molar-refractivity contribution in [1.29, 1.82) is 0 Å². The number of anilines is 1. The Bertz CT molecular complexity index is 466. The smallest absolute Gasteiger partial charge is 0.240 e. The van der Waals surface area contributed by atoms with E-state index in [1.807, 2.05) is 0 Å². The standard InChI is InChI=1S/C11H9BrCl3NO/c12-6-2-1-3-16(11(6)17)10-5-8(14)7(13)4-9(10)15/h4-6H,1-3H2. The van der Waals surface area contributed by atoms with Crippen LogP contribution in [0.3, 0.4) is 0 Å². The molecule has 17 heavy (non-hydrogen) atoms. The average molecular weight is 357 g/mol. The zero-order chi connectivity index (χ0) is 12.6. The van der Waals surface area contributed by atoms with Crippen LogP contribution >= 0.6 is 50.7 Å². The third kappa shape index (κ3) is 2.73. The summed E-state index contributed by atoms with van der Waals surface area (Å²) in [5.41, 5.74) is 0.621. The van der Waals surface area contributed by atoms with Crippen molar-refractivity contribution in [3.8, 4) is 0 Å². The molecule has 0 aliphatic carbocycles. The summed E-state index contributed by atoms with van der Waals surface area (Å²) in [6, 6.07) is 3.20. The highest BCUT2D eigenvalue weighted by atomic mass is 79.9. The molecule has 1 heterocycles. The van der Waals surface area contributed by atoms with E-state index < -0.39 is 0 Å². The minimum Gasteiger partial charge on any atom is -0.310 e. The van der Waals surface area contributed by atoms with Crippen molar-refractivity contribution in [3.63, 3.8) is 0 Å². The van der Waals surface area contributed by atoms with E-state index in [0.29, 0.717) is 27.3 Å². The number of amides is 1. The van der Waals surface area contributed by atoms with Crippen molar-refractivity contribution >= 4 is 62.3 Å². The van der Waals surface area contributed by atoms with Gasteiger partial charge in [-0.3, -0.25) is 4.79 Å². The monoisotopic (exact) mass is 355 g/mol. The van der Waals surface area contributed by atoms with Crippen molar-refractivity contribution in [2.24, 2.45) is 0 Å². The summed E-state index contributed by atoms with van der Waals surface area (Å²) in [7, 11) is 0. The normalized spacial score (nSPS) is 20.8. The number of rotatable bonds is 1. The third-order valence-corrected chi connectivity index (χ3v) is 4.53. The molecule has 0 spiro atoms. The van der Waals surface area contributed by atoms with Crippen molar-refractivity contribution < 1.29 is 4.79 Å². The van der Waals surface area contributed by atoms with Crippen LogP contribution in [0.5, 0.6) is 0 Å². The number of hydrogen-bond donors (Lipinski definition) is 0. The van der Waals surface area contributed by atoms with Crippen LogP contribution < -0.4 is 4.90 Å². The molecular weight excluding hydrogens is 348 g/mol. The van der Waals surface area contributed by atoms with Gasteiger partial charge in [-0.15, -0.1) is 0 Å². The van der Waals surface area contributed by atoms with Gasteiger partial charge in [0.1, 0.15) is 0 Å². The first kappa shape index (κ1) is 13.5. The van der Waals surface area contributed by atoms with E-state index in [2.05, 4.69) is 15.9 Å². The van der Waals surface area contributed by atoms with Crippen LogP contribution in [-0.2, 0) is 4.79 Å². The van der Waals surface area contributed by atoms with Crippen LogP contribution in [-0.4, -0.2) is 17.3 Å². The molecule has 0 aromatic heterocycles. The van der Waals surface area contributed by atoms with Crippen molar-refractivity contribution in [1.82, 2.24) is 0 Å². The Morgan fingerprint density at radius 2 is 1.82 bits per heavy atom. The van der Waals surface area contributed by atoms with Gasteiger partial charge in [0, 0.05) is 6.54 Å². The molecular formula is C11H9BrCl3NO. The highest BCUT2D eigenvalue weighted by Gasteiger charge is 2.29. The largest absolute Gasteiger partial charge is 0.310 e. The van der Waals surface area contributed by atoms with Gasteiger partial charge in [-0.05, 0) is 25.0 Å². The fourth-order valence-corrected chi connectivity index (χ4v) is 3.00. The molecule has 0 N–H and O–H groups in total. The molecule has 1 amide bonds. The molecule has 1 aliphatic rings. The van der Waals surface area contributed by atoms with E-state index in [9.17, 15) is 4.79 Å². The maximum Gasteiger partial charge on any atom is 0.240 e. The maximum atomic E-state index is 12.0. The highest BCUT2D eigenvalue weighted by Crippen LogP contribution is 2.36. The van der Waals surface area contributed by atoms with Gasteiger partial charge in [-0.1, -0.05) is 50.7 Å². The number of benzene rings is 1. The number of piperidine rings is 1. The van der Waals surface area contributed by atoms with Crippen LogP contribution in [0.1, 0.15) is 12.8 Å². The molecule has 2 rings (SSSR count). The fraction of sp³-hybridized carbons (Fsp3) is 0.364. The Kier molecular flexibility index (Phi) is 4.24. The number of alkyl halides is 1.